The molecule has 0 radical (unpaired) electrons. The van der Waals surface area contributed by atoms with Gasteiger partial charge in [-0.25, -0.2) is 4.98 Å². The fourth-order valence-electron chi connectivity index (χ4n) is 2.86. The van der Waals surface area contributed by atoms with Crippen molar-refractivity contribution in [1.82, 2.24) is 14.5 Å². The van der Waals surface area contributed by atoms with Crippen molar-refractivity contribution >= 4 is 41.7 Å². The minimum Gasteiger partial charge on any atom is -0.370 e. The number of aryl methyl sites for hydroxylation is 1. The number of aromatic nitrogens is 2. The topological polar surface area (TPSA) is 59.4 Å². The number of hydrogen-bond donors (Lipinski definition) is 1. The van der Waals surface area contributed by atoms with Gasteiger partial charge in [-0.3, -0.25) is 4.99 Å². The molecule has 0 saturated carbocycles. The van der Waals surface area contributed by atoms with Gasteiger partial charge in [0.2, 0.25) is 0 Å². The van der Waals surface area contributed by atoms with Crippen molar-refractivity contribution in [1.29, 1.82) is 0 Å². The third-order valence-corrected chi connectivity index (χ3v) is 4.95. The van der Waals surface area contributed by atoms with E-state index in [-0.39, 0.29) is 24.0 Å². The third kappa shape index (κ3) is 4.28. The first-order valence-electron chi connectivity index (χ1n) is 7.46. The van der Waals surface area contributed by atoms with Crippen LogP contribution in [0.1, 0.15) is 25.5 Å². The van der Waals surface area contributed by atoms with Crippen molar-refractivity contribution in [3.63, 3.8) is 0 Å². The van der Waals surface area contributed by atoms with Crippen molar-refractivity contribution in [3.8, 4) is 0 Å². The summed E-state index contributed by atoms with van der Waals surface area (Å²) in [5.41, 5.74) is 7.23. The highest BCUT2D eigenvalue weighted by Gasteiger charge is 2.17. The fourth-order valence-corrected chi connectivity index (χ4v) is 3.83. The summed E-state index contributed by atoms with van der Waals surface area (Å²) in [5, 5.41) is 1.15. The minimum atomic E-state index is 0. The van der Waals surface area contributed by atoms with E-state index in [1.54, 1.807) is 0 Å². The predicted octanol–water partition coefficient (Wildman–Crippen LogP) is 2.20. The van der Waals surface area contributed by atoms with E-state index in [9.17, 15) is 0 Å². The lowest BCUT2D eigenvalue weighted by Crippen LogP contribution is -2.43. The summed E-state index contributed by atoms with van der Waals surface area (Å²) in [4.78, 5) is 11.4. The number of halogens is 1. The van der Waals surface area contributed by atoms with Gasteiger partial charge >= 0.3 is 0 Å². The number of likely N-dealkylation sites (tertiary alicyclic amines) is 1. The Morgan fingerprint density at radius 3 is 3.14 bits per heavy atom. The molecular formula is C14H24IN5S. The lowest BCUT2D eigenvalue weighted by molar-refractivity contribution is 0.270. The van der Waals surface area contributed by atoms with Crippen molar-refractivity contribution in [2.75, 3.05) is 25.4 Å². The van der Waals surface area contributed by atoms with E-state index in [1.807, 2.05) is 11.8 Å². The molecular weight excluding hydrogens is 397 g/mol. The maximum Gasteiger partial charge on any atom is 0.191 e. The van der Waals surface area contributed by atoms with Crippen LogP contribution in [0.3, 0.4) is 0 Å². The molecule has 0 bridgehead atoms. The highest BCUT2D eigenvalue weighted by atomic mass is 127. The molecule has 3 rings (SSSR count). The highest BCUT2D eigenvalue weighted by molar-refractivity contribution is 14.0. The van der Waals surface area contributed by atoms with Crippen LogP contribution in [-0.4, -0.2) is 45.8 Å². The second kappa shape index (κ2) is 7.71. The number of nitrogens with zero attached hydrogens (tertiary/aromatic N) is 4. The van der Waals surface area contributed by atoms with Crippen molar-refractivity contribution < 1.29 is 0 Å². The lowest BCUT2D eigenvalue weighted by Gasteiger charge is -2.31. The fraction of sp³-hybridized carbons (Fsp3) is 0.714. The van der Waals surface area contributed by atoms with Gasteiger partial charge in [-0.2, -0.15) is 0 Å². The van der Waals surface area contributed by atoms with Gasteiger partial charge in [0.05, 0.1) is 5.69 Å². The molecule has 0 aliphatic carbocycles. The van der Waals surface area contributed by atoms with E-state index in [4.69, 9.17) is 5.73 Å². The summed E-state index contributed by atoms with van der Waals surface area (Å²) in [6.45, 7) is 6.20. The zero-order valence-electron chi connectivity index (χ0n) is 12.5. The van der Waals surface area contributed by atoms with Gasteiger partial charge in [-0.15, -0.1) is 24.0 Å². The van der Waals surface area contributed by atoms with Crippen LogP contribution in [-0.2, 0) is 13.0 Å². The number of rotatable bonds is 3. The first-order valence-corrected chi connectivity index (χ1v) is 8.44. The molecule has 2 aliphatic rings. The number of fused-ring (bicyclic) bond motifs is 1. The molecule has 0 aromatic carbocycles. The number of imidazole rings is 1. The zero-order chi connectivity index (χ0) is 13.9. The first-order chi connectivity index (χ1) is 9.72. The third-order valence-electron chi connectivity index (χ3n) is 3.98. The second-order valence-corrected chi connectivity index (χ2v) is 6.80. The van der Waals surface area contributed by atoms with Gasteiger partial charge in [-0.1, -0.05) is 18.7 Å². The minimum absolute atomic E-state index is 0. The van der Waals surface area contributed by atoms with Gasteiger partial charge < -0.3 is 15.2 Å². The average molecular weight is 421 g/mol. The zero-order valence-corrected chi connectivity index (χ0v) is 15.6. The Balaban J connectivity index is 0.00000161. The highest BCUT2D eigenvalue weighted by Crippen LogP contribution is 2.24. The molecule has 1 fully saturated rings. The molecule has 2 aliphatic heterocycles. The average Bonchev–Trinajstić information content (AvgIpc) is 2.99. The van der Waals surface area contributed by atoms with Crippen molar-refractivity contribution in [2.45, 2.75) is 37.9 Å². The van der Waals surface area contributed by atoms with E-state index in [0.29, 0.717) is 5.96 Å². The van der Waals surface area contributed by atoms with Crippen molar-refractivity contribution in [2.24, 2.45) is 16.6 Å². The Hall–Kier alpha value is -0.440. The van der Waals surface area contributed by atoms with Crippen LogP contribution in [0.25, 0.3) is 0 Å². The van der Waals surface area contributed by atoms with Crippen LogP contribution >= 0.6 is 35.7 Å². The molecule has 7 heteroatoms. The van der Waals surface area contributed by atoms with Crippen molar-refractivity contribution in [3.05, 3.63) is 11.9 Å². The monoisotopic (exact) mass is 421 g/mol. The second-order valence-electron chi connectivity index (χ2n) is 5.74. The summed E-state index contributed by atoms with van der Waals surface area (Å²) < 4.78 is 2.24. The smallest absolute Gasteiger partial charge is 0.191 e. The van der Waals surface area contributed by atoms with Gasteiger partial charge in [-0.05, 0) is 18.8 Å². The van der Waals surface area contributed by atoms with E-state index in [2.05, 4.69) is 32.6 Å². The number of thioether (sulfide) groups is 1. The van der Waals surface area contributed by atoms with Gasteiger partial charge in [0.25, 0.3) is 0 Å². The molecule has 3 heterocycles. The van der Waals surface area contributed by atoms with Gasteiger partial charge in [0.1, 0.15) is 0 Å². The number of hydrogen-bond acceptors (Lipinski definition) is 3. The molecule has 1 atom stereocenters. The molecule has 2 N–H and O–H groups in total. The molecule has 1 saturated heterocycles. The number of piperidine rings is 1. The van der Waals surface area contributed by atoms with Crippen LogP contribution in [0, 0.1) is 5.92 Å². The first kappa shape index (κ1) is 16.9. The van der Waals surface area contributed by atoms with Crippen LogP contribution in [0.5, 0.6) is 0 Å². The molecule has 21 heavy (non-hydrogen) atoms. The number of guanidine groups is 1. The van der Waals surface area contributed by atoms with Gasteiger partial charge in [0, 0.05) is 44.5 Å². The molecule has 118 valence electrons. The molecule has 5 nitrogen and oxygen atoms in total. The van der Waals surface area contributed by atoms with Crippen LogP contribution in [0.4, 0.5) is 0 Å². The van der Waals surface area contributed by atoms with Crippen LogP contribution in [0.15, 0.2) is 16.3 Å². The Kier molecular flexibility index (Phi) is 6.21. The maximum atomic E-state index is 6.09. The standard InChI is InChI=1S/C14H23N5S.HI/c1-11-3-2-6-18(9-11)13(15)16-5-4-12-10-19-7-8-20-14(19)17-12;/h10-11H,2-9H2,1H3,(H2,15,16);1H. The molecule has 0 spiro atoms. The Bertz CT molecular complexity index is 480. The molecule has 1 aromatic heterocycles. The SMILES string of the molecule is CC1CCCN(C(N)=NCCc2cn3c(n2)SCC3)C1.I. The largest absolute Gasteiger partial charge is 0.370 e. The summed E-state index contributed by atoms with van der Waals surface area (Å²) in [6.07, 6.45) is 5.57. The predicted molar refractivity (Wildman–Crippen MR) is 98.5 cm³/mol. The Morgan fingerprint density at radius 2 is 2.38 bits per heavy atom. The Morgan fingerprint density at radius 1 is 1.52 bits per heavy atom. The Labute approximate surface area is 147 Å². The summed E-state index contributed by atoms with van der Waals surface area (Å²) in [5.74, 6) is 2.59. The van der Waals surface area contributed by atoms with E-state index >= 15 is 0 Å². The maximum absolute atomic E-state index is 6.09. The molecule has 1 unspecified atom stereocenters. The van der Waals surface area contributed by atoms with E-state index in [0.717, 1.165) is 55.1 Å². The molecule has 1 aromatic rings. The van der Waals surface area contributed by atoms with Gasteiger partial charge in [0.15, 0.2) is 11.1 Å². The van der Waals surface area contributed by atoms with Crippen LogP contribution < -0.4 is 5.73 Å². The number of nitrogens with two attached hydrogens (primary N) is 1. The van der Waals surface area contributed by atoms with Crippen LogP contribution in [0.2, 0.25) is 0 Å². The van der Waals surface area contributed by atoms with E-state index in [1.165, 1.54) is 12.8 Å². The summed E-state index contributed by atoms with van der Waals surface area (Å²) in [7, 11) is 0. The quantitative estimate of drug-likeness (QED) is 0.462. The summed E-state index contributed by atoms with van der Waals surface area (Å²) >= 11 is 1.83. The summed E-state index contributed by atoms with van der Waals surface area (Å²) in [6, 6.07) is 0. The normalized spacial score (nSPS) is 22.0. The molecule has 0 amide bonds. The number of aliphatic imine (C=N–C) groups is 1. The van der Waals surface area contributed by atoms with E-state index < -0.39 is 0 Å². The lowest BCUT2D eigenvalue weighted by atomic mass is 10.0.